The van der Waals surface area contributed by atoms with E-state index in [1.54, 1.807) is 6.92 Å². The molecule has 3 fully saturated rings. The predicted octanol–water partition coefficient (Wildman–Crippen LogP) is 1.12. The van der Waals surface area contributed by atoms with Gasteiger partial charge in [-0.3, -0.25) is 9.59 Å². The van der Waals surface area contributed by atoms with Gasteiger partial charge >= 0.3 is 0 Å². The van der Waals surface area contributed by atoms with Crippen LogP contribution in [0.3, 0.4) is 0 Å². The summed E-state index contributed by atoms with van der Waals surface area (Å²) in [5.74, 6) is 1.92. The van der Waals surface area contributed by atoms with Crippen LogP contribution in [-0.2, 0) is 9.59 Å². The highest BCUT2D eigenvalue weighted by molar-refractivity contribution is 5.85. The fourth-order valence-electron chi connectivity index (χ4n) is 4.16. The number of nitrogens with one attached hydrogen (secondary N) is 1. The number of nitrogens with zero attached hydrogens (tertiary/aromatic N) is 2. The number of likely N-dealkylation sites (tertiary alicyclic amines) is 2. The van der Waals surface area contributed by atoms with Gasteiger partial charge in [0.05, 0.1) is 5.92 Å². The Hall–Kier alpha value is -0.810. The van der Waals surface area contributed by atoms with Gasteiger partial charge in [0.15, 0.2) is 0 Å². The second-order valence-electron chi connectivity index (χ2n) is 6.89. The SMILES string of the molecule is CC(=O)N1CCCC(C(=O)N2CC[C@@H]3CNC[C@@H]3CC2)C1.Cl. The van der Waals surface area contributed by atoms with Crippen LogP contribution in [0.2, 0.25) is 0 Å². The highest BCUT2D eigenvalue weighted by Gasteiger charge is 2.34. The lowest BCUT2D eigenvalue weighted by Gasteiger charge is -2.34. The highest BCUT2D eigenvalue weighted by atomic mass is 35.5. The number of hydrogen-bond donors (Lipinski definition) is 1. The van der Waals surface area contributed by atoms with E-state index in [1.807, 2.05) is 4.90 Å². The van der Waals surface area contributed by atoms with Crippen molar-refractivity contribution in [1.29, 1.82) is 0 Å². The van der Waals surface area contributed by atoms with Crippen LogP contribution in [0, 0.1) is 17.8 Å². The molecule has 3 atom stereocenters. The average molecular weight is 330 g/mol. The Morgan fingerprint density at radius 3 is 2.18 bits per heavy atom. The third-order valence-corrected chi connectivity index (χ3v) is 5.55. The fourth-order valence-corrected chi connectivity index (χ4v) is 4.16. The minimum atomic E-state index is 0. The van der Waals surface area contributed by atoms with Crippen LogP contribution in [-0.4, -0.2) is 60.9 Å². The van der Waals surface area contributed by atoms with Crippen LogP contribution in [0.1, 0.15) is 32.6 Å². The first kappa shape index (κ1) is 17.5. The molecular weight excluding hydrogens is 302 g/mol. The van der Waals surface area contributed by atoms with Crippen molar-refractivity contribution >= 4 is 24.2 Å². The molecule has 3 aliphatic rings. The van der Waals surface area contributed by atoms with E-state index in [4.69, 9.17) is 0 Å². The van der Waals surface area contributed by atoms with Gasteiger partial charge in [0, 0.05) is 33.1 Å². The smallest absolute Gasteiger partial charge is 0.227 e. The molecule has 0 aliphatic carbocycles. The summed E-state index contributed by atoms with van der Waals surface area (Å²) in [6.45, 7) is 7.08. The third-order valence-electron chi connectivity index (χ3n) is 5.55. The summed E-state index contributed by atoms with van der Waals surface area (Å²) in [6.07, 6.45) is 4.16. The first-order chi connectivity index (χ1) is 10.1. The van der Waals surface area contributed by atoms with Gasteiger partial charge in [-0.2, -0.15) is 0 Å². The standard InChI is InChI=1S/C16H27N3O2.ClH/c1-12(20)19-6-2-3-15(11-19)16(21)18-7-4-13-9-17-10-14(13)5-8-18;/h13-15,17H,2-11H2,1H3;1H/t13-,14+,15?;. The molecule has 2 amide bonds. The normalized spacial score (nSPS) is 32.0. The lowest BCUT2D eigenvalue weighted by molar-refractivity contribution is -0.140. The van der Waals surface area contributed by atoms with Crippen molar-refractivity contribution in [2.45, 2.75) is 32.6 Å². The van der Waals surface area contributed by atoms with Gasteiger partial charge < -0.3 is 15.1 Å². The molecule has 0 bridgehead atoms. The molecule has 0 aromatic rings. The third kappa shape index (κ3) is 3.74. The molecule has 3 saturated heterocycles. The van der Waals surface area contributed by atoms with Crippen molar-refractivity contribution in [3.05, 3.63) is 0 Å². The number of halogens is 1. The van der Waals surface area contributed by atoms with E-state index in [0.29, 0.717) is 6.54 Å². The average Bonchev–Trinajstić information content (AvgIpc) is 2.85. The Morgan fingerprint density at radius 1 is 0.955 bits per heavy atom. The maximum atomic E-state index is 12.8. The molecular formula is C16H28ClN3O2. The van der Waals surface area contributed by atoms with Crippen molar-refractivity contribution < 1.29 is 9.59 Å². The first-order valence-electron chi connectivity index (χ1n) is 8.40. The van der Waals surface area contributed by atoms with E-state index in [-0.39, 0.29) is 30.1 Å². The molecule has 0 radical (unpaired) electrons. The maximum Gasteiger partial charge on any atom is 0.227 e. The van der Waals surface area contributed by atoms with Crippen molar-refractivity contribution in [3.8, 4) is 0 Å². The molecule has 0 spiro atoms. The van der Waals surface area contributed by atoms with E-state index < -0.39 is 0 Å². The Kier molecular flexibility index (Phi) is 6.09. The largest absolute Gasteiger partial charge is 0.342 e. The molecule has 6 heteroatoms. The Bertz CT molecular complexity index is 404. The zero-order chi connectivity index (χ0) is 14.8. The maximum absolute atomic E-state index is 12.8. The zero-order valence-electron chi connectivity index (χ0n) is 13.4. The lowest BCUT2D eigenvalue weighted by Crippen LogP contribution is -2.46. The lowest BCUT2D eigenvalue weighted by atomic mass is 9.92. The quantitative estimate of drug-likeness (QED) is 0.784. The van der Waals surface area contributed by atoms with E-state index in [9.17, 15) is 9.59 Å². The minimum Gasteiger partial charge on any atom is -0.342 e. The summed E-state index contributed by atoms with van der Waals surface area (Å²) in [6, 6.07) is 0. The summed E-state index contributed by atoms with van der Waals surface area (Å²) >= 11 is 0. The summed E-state index contributed by atoms with van der Waals surface area (Å²) in [5.41, 5.74) is 0. The number of carbonyl (C=O) groups is 2. The van der Waals surface area contributed by atoms with Gasteiger partial charge in [-0.15, -0.1) is 12.4 Å². The van der Waals surface area contributed by atoms with Crippen molar-refractivity contribution in [1.82, 2.24) is 15.1 Å². The van der Waals surface area contributed by atoms with Gasteiger partial charge in [0.1, 0.15) is 0 Å². The van der Waals surface area contributed by atoms with Gasteiger partial charge in [-0.25, -0.2) is 0 Å². The Morgan fingerprint density at radius 2 is 1.59 bits per heavy atom. The van der Waals surface area contributed by atoms with Crippen molar-refractivity contribution in [2.24, 2.45) is 17.8 Å². The summed E-state index contributed by atoms with van der Waals surface area (Å²) in [7, 11) is 0. The van der Waals surface area contributed by atoms with Crippen LogP contribution in [0.4, 0.5) is 0 Å². The number of rotatable bonds is 1. The van der Waals surface area contributed by atoms with Crippen LogP contribution in [0.15, 0.2) is 0 Å². The Labute approximate surface area is 139 Å². The van der Waals surface area contributed by atoms with Gasteiger partial charge in [0.25, 0.3) is 0 Å². The van der Waals surface area contributed by atoms with Crippen molar-refractivity contribution in [2.75, 3.05) is 39.3 Å². The molecule has 0 aromatic carbocycles. The predicted molar refractivity (Wildman–Crippen MR) is 87.9 cm³/mol. The molecule has 5 nitrogen and oxygen atoms in total. The second-order valence-corrected chi connectivity index (χ2v) is 6.89. The topological polar surface area (TPSA) is 52.7 Å². The van der Waals surface area contributed by atoms with Crippen LogP contribution < -0.4 is 5.32 Å². The van der Waals surface area contributed by atoms with Crippen LogP contribution in [0.5, 0.6) is 0 Å². The molecule has 126 valence electrons. The summed E-state index contributed by atoms with van der Waals surface area (Å²) in [4.78, 5) is 28.2. The molecule has 3 rings (SSSR count). The summed E-state index contributed by atoms with van der Waals surface area (Å²) < 4.78 is 0. The molecule has 0 aromatic heterocycles. The molecule has 1 unspecified atom stereocenters. The number of hydrogen-bond acceptors (Lipinski definition) is 3. The van der Waals surface area contributed by atoms with E-state index in [1.165, 1.54) is 0 Å². The molecule has 0 saturated carbocycles. The number of amides is 2. The molecule has 1 N–H and O–H groups in total. The number of fused-ring (bicyclic) bond motifs is 1. The minimum absolute atomic E-state index is 0. The van der Waals surface area contributed by atoms with Crippen LogP contribution in [0.25, 0.3) is 0 Å². The number of piperidine rings is 1. The molecule has 22 heavy (non-hydrogen) atoms. The Balaban J connectivity index is 0.00000176. The highest BCUT2D eigenvalue weighted by Crippen LogP contribution is 2.28. The van der Waals surface area contributed by atoms with Crippen LogP contribution >= 0.6 is 12.4 Å². The molecule has 3 heterocycles. The number of carbonyl (C=O) groups excluding carboxylic acids is 2. The summed E-state index contributed by atoms with van der Waals surface area (Å²) in [5, 5.41) is 3.47. The van der Waals surface area contributed by atoms with Gasteiger partial charge in [-0.05, 0) is 50.6 Å². The van der Waals surface area contributed by atoms with E-state index in [2.05, 4.69) is 10.2 Å². The van der Waals surface area contributed by atoms with Gasteiger partial charge in [-0.1, -0.05) is 0 Å². The fraction of sp³-hybridized carbons (Fsp3) is 0.875. The first-order valence-corrected chi connectivity index (χ1v) is 8.40. The van der Waals surface area contributed by atoms with E-state index in [0.717, 1.165) is 70.2 Å². The molecule has 3 aliphatic heterocycles. The van der Waals surface area contributed by atoms with Crippen molar-refractivity contribution in [3.63, 3.8) is 0 Å². The zero-order valence-corrected chi connectivity index (χ0v) is 14.2. The van der Waals surface area contributed by atoms with E-state index >= 15 is 0 Å². The second kappa shape index (κ2) is 7.64. The monoisotopic (exact) mass is 329 g/mol. The van der Waals surface area contributed by atoms with Gasteiger partial charge in [0.2, 0.25) is 11.8 Å².